The Morgan fingerprint density at radius 2 is 2.55 bits per heavy atom. The van der Waals surface area contributed by atoms with Crippen LogP contribution in [-0.4, -0.2) is 23.7 Å². The van der Waals surface area contributed by atoms with Crippen molar-refractivity contribution in [3.63, 3.8) is 0 Å². The Bertz CT molecular complexity index is 222. The van der Waals surface area contributed by atoms with E-state index in [9.17, 15) is 4.79 Å². The van der Waals surface area contributed by atoms with E-state index in [1.165, 1.54) is 0 Å². The molecule has 0 amide bonds. The van der Waals surface area contributed by atoms with Gasteiger partial charge in [-0.15, -0.1) is 0 Å². The predicted octanol–water partition coefficient (Wildman–Crippen LogP) is 0.379. The van der Waals surface area contributed by atoms with E-state index in [2.05, 4.69) is 11.4 Å². The van der Waals surface area contributed by atoms with Crippen molar-refractivity contribution in [1.29, 1.82) is 0 Å². The van der Waals surface area contributed by atoms with Gasteiger partial charge in [-0.25, -0.2) is 0 Å². The molecule has 2 aliphatic rings. The summed E-state index contributed by atoms with van der Waals surface area (Å²) >= 11 is 0. The second-order valence-corrected chi connectivity index (χ2v) is 3.16. The smallest absolute Gasteiger partial charge is 0.325 e. The molecule has 0 spiro atoms. The Balaban J connectivity index is 2.20. The van der Waals surface area contributed by atoms with E-state index in [4.69, 9.17) is 5.11 Å². The summed E-state index contributed by atoms with van der Waals surface area (Å²) in [5.41, 5.74) is 1.11. The summed E-state index contributed by atoms with van der Waals surface area (Å²) in [5.74, 6) is -0.225. The maximum absolute atomic E-state index is 10.6. The Labute approximate surface area is 65.1 Å². The number of carboxylic acid groups (broad SMARTS) is 1. The number of nitrogens with one attached hydrogen (secondary N) is 1. The predicted molar refractivity (Wildman–Crippen MR) is 40.2 cm³/mol. The summed E-state index contributed by atoms with van der Waals surface area (Å²) in [7, 11) is 0. The fourth-order valence-electron chi connectivity index (χ4n) is 1.97. The molecule has 0 aromatic heterocycles. The monoisotopic (exact) mass is 153 g/mol. The molecule has 0 aromatic rings. The maximum Gasteiger partial charge on any atom is 0.325 e. The van der Waals surface area contributed by atoms with Crippen LogP contribution >= 0.6 is 0 Å². The number of hydrogen-bond acceptors (Lipinski definition) is 2. The zero-order chi connectivity index (χ0) is 7.84. The summed E-state index contributed by atoms with van der Waals surface area (Å²) in [5, 5.41) is 11.7. The van der Waals surface area contributed by atoms with Crippen molar-refractivity contribution in [3.8, 4) is 0 Å². The first-order valence-corrected chi connectivity index (χ1v) is 3.95. The van der Waals surface area contributed by atoms with Gasteiger partial charge >= 0.3 is 5.97 Å². The first kappa shape index (κ1) is 6.85. The summed E-state index contributed by atoms with van der Waals surface area (Å²) < 4.78 is 0. The van der Waals surface area contributed by atoms with Crippen LogP contribution in [0, 0.1) is 5.92 Å². The molecule has 2 N–H and O–H groups in total. The third-order valence-electron chi connectivity index (χ3n) is 2.52. The third-order valence-corrected chi connectivity index (χ3v) is 2.52. The fraction of sp³-hybridized carbons (Fsp3) is 0.625. The molecule has 0 saturated carbocycles. The molecule has 60 valence electrons. The standard InChI is InChI=1S/C8H11NO2/c10-8(11)7-6-3-1-2-5(6)4-9-7/h3,5,7,9H,1-2,4H2,(H,10,11). The second kappa shape index (κ2) is 2.34. The van der Waals surface area contributed by atoms with Crippen LogP contribution in [0.4, 0.5) is 0 Å². The lowest BCUT2D eigenvalue weighted by atomic mass is 10.0. The highest BCUT2D eigenvalue weighted by Gasteiger charge is 2.36. The quantitative estimate of drug-likeness (QED) is 0.535. The van der Waals surface area contributed by atoms with E-state index in [1.54, 1.807) is 0 Å². The van der Waals surface area contributed by atoms with E-state index in [0.29, 0.717) is 5.92 Å². The zero-order valence-electron chi connectivity index (χ0n) is 6.21. The molecule has 1 fully saturated rings. The lowest BCUT2D eigenvalue weighted by Gasteiger charge is -2.04. The van der Waals surface area contributed by atoms with Gasteiger partial charge in [0.05, 0.1) is 0 Å². The third kappa shape index (κ3) is 0.959. The molecule has 3 nitrogen and oxygen atoms in total. The van der Waals surface area contributed by atoms with Crippen LogP contribution in [0.25, 0.3) is 0 Å². The van der Waals surface area contributed by atoms with E-state index in [-0.39, 0.29) is 6.04 Å². The lowest BCUT2D eigenvalue weighted by Crippen LogP contribution is -2.31. The van der Waals surface area contributed by atoms with Crippen molar-refractivity contribution >= 4 is 5.97 Å². The highest BCUT2D eigenvalue weighted by Crippen LogP contribution is 2.32. The van der Waals surface area contributed by atoms with Gasteiger partial charge in [0.15, 0.2) is 0 Å². The van der Waals surface area contributed by atoms with Crippen molar-refractivity contribution < 1.29 is 9.90 Å². The van der Waals surface area contributed by atoms with Crippen LogP contribution in [0.15, 0.2) is 11.6 Å². The molecule has 2 atom stereocenters. The number of aliphatic carboxylic acids is 1. The largest absolute Gasteiger partial charge is 0.480 e. The van der Waals surface area contributed by atoms with Crippen molar-refractivity contribution in [2.24, 2.45) is 5.92 Å². The molecule has 2 rings (SSSR count). The first-order valence-electron chi connectivity index (χ1n) is 3.95. The number of rotatable bonds is 1. The molecule has 3 heteroatoms. The van der Waals surface area contributed by atoms with Crippen molar-refractivity contribution in [2.45, 2.75) is 18.9 Å². The number of carboxylic acids is 1. The van der Waals surface area contributed by atoms with Crippen molar-refractivity contribution in [3.05, 3.63) is 11.6 Å². The molecule has 1 aliphatic heterocycles. The Kier molecular flexibility index (Phi) is 1.46. The Morgan fingerprint density at radius 1 is 1.73 bits per heavy atom. The molecule has 1 heterocycles. The van der Waals surface area contributed by atoms with E-state index in [0.717, 1.165) is 25.0 Å². The SMILES string of the molecule is O=C(O)C1NCC2CCC=C21. The van der Waals surface area contributed by atoms with E-state index in [1.807, 2.05) is 0 Å². The number of allylic oxidation sites excluding steroid dienone is 1. The van der Waals surface area contributed by atoms with Crippen LogP contribution < -0.4 is 5.32 Å². The van der Waals surface area contributed by atoms with Crippen molar-refractivity contribution in [1.82, 2.24) is 5.32 Å². The second-order valence-electron chi connectivity index (χ2n) is 3.16. The number of hydrogen-bond donors (Lipinski definition) is 2. The average Bonchev–Trinajstić information content (AvgIpc) is 2.41. The summed E-state index contributed by atoms with van der Waals surface area (Å²) in [6, 6.07) is -0.387. The number of fused-ring (bicyclic) bond motifs is 1. The highest BCUT2D eigenvalue weighted by molar-refractivity contribution is 5.78. The molecular weight excluding hydrogens is 142 g/mol. The van der Waals surface area contributed by atoms with Gasteiger partial charge in [-0.05, 0) is 24.3 Å². The molecule has 2 unspecified atom stereocenters. The van der Waals surface area contributed by atoms with Gasteiger partial charge in [-0.2, -0.15) is 0 Å². The maximum atomic E-state index is 10.6. The average molecular weight is 153 g/mol. The van der Waals surface area contributed by atoms with Crippen LogP contribution in [0.2, 0.25) is 0 Å². The van der Waals surface area contributed by atoms with Crippen LogP contribution in [0.3, 0.4) is 0 Å². The van der Waals surface area contributed by atoms with Gasteiger partial charge in [-0.1, -0.05) is 6.08 Å². The van der Waals surface area contributed by atoms with E-state index < -0.39 is 5.97 Å². The van der Waals surface area contributed by atoms with Gasteiger partial charge in [0.2, 0.25) is 0 Å². The lowest BCUT2D eigenvalue weighted by molar-refractivity contribution is -0.138. The molecule has 11 heavy (non-hydrogen) atoms. The topological polar surface area (TPSA) is 49.3 Å². The Hall–Kier alpha value is -0.830. The summed E-state index contributed by atoms with van der Waals surface area (Å²) in [6.07, 6.45) is 4.26. The van der Waals surface area contributed by atoms with Crippen LogP contribution in [0.5, 0.6) is 0 Å². The molecule has 0 aromatic carbocycles. The minimum absolute atomic E-state index is 0.387. The summed E-state index contributed by atoms with van der Waals surface area (Å²) in [6.45, 7) is 0.850. The summed E-state index contributed by atoms with van der Waals surface area (Å²) in [4.78, 5) is 10.6. The highest BCUT2D eigenvalue weighted by atomic mass is 16.4. The van der Waals surface area contributed by atoms with Gasteiger partial charge in [0.25, 0.3) is 0 Å². The minimum Gasteiger partial charge on any atom is -0.480 e. The normalized spacial score (nSPS) is 35.1. The molecule has 0 radical (unpaired) electrons. The van der Waals surface area contributed by atoms with E-state index >= 15 is 0 Å². The molecule has 1 aliphatic carbocycles. The molecular formula is C8H11NO2. The fourth-order valence-corrected chi connectivity index (χ4v) is 1.97. The first-order chi connectivity index (χ1) is 5.29. The van der Waals surface area contributed by atoms with Gasteiger partial charge < -0.3 is 10.4 Å². The van der Waals surface area contributed by atoms with Crippen LogP contribution in [0.1, 0.15) is 12.8 Å². The van der Waals surface area contributed by atoms with Gasteiger partial charge in [0, 0.05) is 6.54 Å². The molecule has 1 saturated heterocycles. The number of carbonyl (C=O) groups is 1. The van der Waals surface area contributed by atoms with Crippen molar-refractivity contribution in [2.75, 3.05) is 6.54 Å². The molecule has 0 bridgehead atoms. The minimum atomic E-state index is -0.736. The Morgan fingerprint density at radius 3 is 3.27 bits per heavy atom. The zero-order valence-corrected chi connectivity index (χ0v) is 6.21. The van der Waals surface area contributed by atoms with Gasteiger partial charge in [0.1, 0.15) is 6.04 Å². The van der Waals surface area contributed by atoms with Crippen LogP contribution in [-0.2, 0) is 4.79 Å². The van der Waals surface area contributed by atoms with Gasteiger partial charge in [-0.3, -0.25) is 4.79 Å².